The van der Waals surface area contributed by atoms with Crippen molar-refractivity contribution in [1.82, 2.24) is 0 Å². The molecule has 0 aliphatic carbocycles. The van der Waals surface area contributed by atoms with Gasteiger partial charge in [0.15, 0.2) is 0 Å². The molecule has 0 saturated heterocycles. The third-order valence-electron chi connectivity index (χ3n) is 3.75. The Bertz CT molecular complexity index is 546. The molecule has 0 aliphatic heterocycles. The topological polar surface area (TPSA) is 0 Å². The van der Waals surface area contributed by atoms with Gasteiger partial charge in [0, 0.05) is 10.6 Å². The molecular formula is C19H24SSi. The molecule has 0 nitrogen and oxygen atoms in total. The summed E-state index contributed by atoms with van der Waals surface area (Å²) >= 11 is 1.90. The van der Waals surface area contributed by atoms with E-state index in [4.69, 9.17) is 0 Å². The monoisotopic (exact) mass is 312 g/mol. The van der Waals surface area contributed by atoms with E-state index >= 15 is 0 Å². The van der Waals surface area contributed by atoms with Crippen molar-refractivity contribution in [2.75, 3.05) is 5.75 Å². The van der Waals surface area contributed by atoms with Gasteiger partial charge in [-0.05, 0) is 18.6 Å². The van der Waals surface area contributed by atoms with Crippen LogP contribution in [0.4, 0.5) is 0 Å². The Balaban J connectivity index is 1.72. The molecule has 0 amide bonds. The van der Waals surface area contributed by atoms with Crippen LogP contribution < -0.4 is 5.19 Å². The van der Waals surface area contributed by atoms with Gasteiger partial charge in [-0.1, -0.05) is 85.0 Å². The van der Waals surface area contributed by atoms with Crippen molar-refractivity contribution in [3.63, 3.8) is 0 Å². The zero-order chi connectivity index (χ0) is 15.0. The Morgan fingerprint density at radius 3 is 2.14 bits per heavy atom. The lowest BCUT2D eigenvalue weighted by molar-refractivity contribution is 1.16. The van der Waals surface area contributed by atoms with Gasteiger partial charge < -0.3 is 0 Å². The third kappa shape index (κ3) is 5.56. The Hall–Kier alpha value is -1.25. The van der Waals surface area contributed by atoms with Crippen molar-refractivity contribution in [1.29, 1.82) is 0 Å². The number of hydrogen-bond acceptors (Lipinski definition) is 1. The molecule has 0 aliphatic rings. The number of thioether (sulfide) groups is 1. The van der Waals surface area contributed by atoms with Crippen LogP contribution in [0, 0.1) is 0 Å². The molecule has 0 heterocycles. The summed E-state index contributed by atoms with van der Waals surface area (Å²) in [6, 6.07) is 22.9. The average molecular weight is 313 g/mol. The number of hydrogen-bond donors (Lipinski definition) is 0. The minimum Gasteiger partial charge on any atom is -0.122 e. The summed E-state index contributed by atoms with van der Waals surface area (Å²) in [4.78, 5) is 1.35. The maximum Gasteiger partial charge on any atom is 0.0809 e. The van der Waals surface area contributed by atoms with Gasteiger partial charge in [0.1, 0.15) is 0 Å². The second-order valence-corrected chi connectivity index (χ2v) is 11.8. The molecule has 0 spiro atoms. The van der Waals surface area contributed by atoms with E-state index in [-0.39, 0.29) is 0 Å². The van der Waals surface area contributed by atoms with Crippen LogP contribution in [-0.2, 0) is 0 Å². The van der Waals surface area contributed by atoms with Gasteiger partial charge in [-0.25, -0.2) is 0 Å². The van der Waals surface area contributed by atoms with Gasteiger partial charge in [0.2, 0.25) is 0 Å². The van der Waals surface area contributed by atoms with E-state index in [2.05, 4.69) is 85.9 Å². The second kappa shape index (κ2) is 8.25. The number of benzene rings is 2. The lowest BCUT2D eigenvalue weighted by Crippen LogP contribution is -2.40. The second-order valence-electron chi connectivity index (χ2n) is 5.88. The average Bonchev–Trinajstić information content (AvgIpc) is 2.52. The van der Waals surface area contributed by atoms with E-state index in [0.29, 0.717) is 0 Å². The largest absolute Gasteiger partial charge is 0.122 e. The molecule has 21 heavy (non-hydrogen) atoms. The van der Waals surface area contributed by atoms with Gasteiger partial charge in [0.25, 0.3) is 0 Å². The van der Waals surface area contributed by atoms with Crippen LogP contribution in [0.15, 0.2) is 77.7 Å². The molecule has 0 unspecified atom stereocenters. The molecule has 2 rings (SSSR count). The van der Waals surface area contributed by atoms with Gasteiger partial charge in [-0.2, -0.15) is 0 Å². The highest BCUT2D eigenvalue weighted by Crippen LogP contribution is 2.17. The summed E-state index contributed by atoms with van der Waals surface area (Å²) in [6.45, 7) is 4.93. The summed E-state index contributed by atoms with van der Waals surface area (Å²) in [7, 11) is -1.26. The van der Waals surface area contributed by atoms with Crippen LogP contribution in [0.25, 0.3) is 0 Å². The molecule has 2 aromatic rings. The predicted octanol–water partition coefficient (Wildman–Crippen LogP) is 5.34. The molecule has 0 N–H and O–H groups in total. The molecule has 0 fully saturated rings. The van der Waals surface area contributed by atoms with Crippen molar-refractivity contribution in [3.8, 4) is 0 Å². The molecule has 0 radical (unpaired) electrons. The Morgan fingerprint density at radius 2 is 1.48 bits per heavy atom. The first-order valence-electron chi connectivity index (χ1n) is 7.57. The first-order valence-corrected chi connectivity index (χ1v) is 11.8. The highest BCUT2D eigenvalue weighted by molar-refractivity contribution is 7.99. The number of rotatable bonds is 7. The normalized spacial score (nSPS) is 11.9. The number of allylic oxidation sites excluding steroid dienone is 1. The highest BCUT2D eigenvalue weighted by Gasteiger charge is 2.21. The van der Waals surface area contributed by atoms with E-state index < -0.39 is 8.07 Å². The Kier molecular flexibility index (Phi) is 6.34. The van der Waals surface area contributed by atoms with Crippen LogP contribution >= 0.6 is 11.8 Å². The summed E-state index contributed by atoms with van der Waals surface area (Å²) in [5, 5.41) is 1.57. The Labute approximate surface area is 134 Å². The SMILES string of the molecule is C[Si](C)(CC/C=C/CSc1ccccc1)c1ccccc1. The van der Waals surface area contributed by atoms with E-state index in [1.165, 1.54) is 17.4 Å². The highest BCUT2D eigenvalue weighted by atomic mass is 32.2. The molecule has 0 atom stereocenters. The van der Waals surface area contributed by atoms with Gasteiger partial charge in [-0.15, -0.1) is 11.8 Å². The lowest BCUT2D eigenvalue weighted by atomic mass is 10.4. The van der Waals surface area contributed by atoms with Crippen molar-refractivity contribution in [2.24, 2.45) is 0 Å². The zero-order valence-electron chi connectivity index (χ0n) is 13.0. The van der Waals surface area contributed by atoms with Crippen LogP contribution in [-0.4, -0.2) is 13.8 Å². The molecule has 2 heteroatoms. The minimum atomic E-state index is -1.26. The summed E-state index contributed by atoms with van der Waals surface area (Å²) in [6.07, 6.45) is 5.87. The standard InChI is InChI=1S/C19H24SSi/c1-21(2,19-14-8-4-9-15-19)17-11-5-10-16-20-18-12-6-3-7-13-18/h3-10,12-15H,11,16-17H2,1-2H3/b10-5+. The van der Waals surface area contributed by atoms with Gasteiger partial charge in [-0.3, -0.25) is 0 Å². The summed E-state index contributed by atoms with van der Waals surface area (Å²) in [5.41, 5.74) is 0. The van der Waals surface area contributed by atoms with Crippen LogP contribution in [0.3, 0.4) is 0 Å². The van der Waals surface area contributed by atoms with Crippen molar-refractivity contribution < 1.29 is 0 Å². The first-order chi connectivity index (χ1) is 10.2. The smallest absolute Gasteiger partial charge is 0.0809 e. The maximum absolute atomic E-state index is 2.47. The summed E-state index contributed by atoms with van der Waals surface area (Å²) in [5.74, 6) is 1.07. The van der Waals surface area contributed by atoms with E-state index in [0.717, 1.165) is 5.75 Å². The molecule has 0 aromatic heterocycles. The Morgan fingerprint density at radius 1 is 0.857 bits per heavy atom. The summed E-state index contributed by atoms with van der Waals surface area (Å²) < 4.78 is 0. The van der Waals surface area contributed by atoms with Crippen LogP contribution in [0.5, 0.6) is 0 Å². The minimum absolute atomic E-state index is 1.07. The van der Waals surface area contributed by atoms with Crippen LogP contribution in [0.2, 0.25) is 19.1 Å². The molecular weight excluding hydrogens is 288 g/mol. The molecule has 0 saturated carbocycles. The van der Waals surface area contributed by atoms with E-state index in [9.17, 15) is 0 Å². The van der Waals surface area contributed by atoms with Crippen molar-refractivity contribution in [3.05, 3.63) is 72.8 Å². The van der Waals surface area contributed by atoms with Crippen molar-refractivity contribution >= 4 is 25.0 Å². The molecule has 110 valence electrons. The van der Waals surface area contributed by atoms with E-state index in [1.807, 2.05) is 11.8 Å². The molecule has 2 aromatic carbocycles. The maximum atomic E-state index is 2.47. The van der Waals surface area contributed by atoms with Gasteiger partial charge >= 0.3 is 0 Å². The van der Waals surface area contributed by atoms with E-state index in [1.54, 1.807) is 5.19 Å². The first kappa shape index (κ1) is 16.1. The fourth-order valence-corrected chi connectivity index (χ4v) is 5.37. The van der Waals surface area contributed by atoms with Gasteiger partial charge in [0.05, 0.1) is 8.07 Å². The zero-order valence-corrected chi connectivity index (χ0v) is 14.8. The fourth-order valence-electron chi connectivity index (χ4n) is 2.32. The predicted molar refractivity (Wildman–Crippen MR) is 99.3 cm³/mol. The molecule has 0 bridgehead atoms. The third-order valence-corrected chi connectivity index (χ3v) is 8.15. The van der Waals surface area contributed by atoms with Crippen LogP contribution in [0.1, 0.15) is 6.42 Å². The van der Waals surface area contributed by atoms with Crippen molar-refractivity contribution in [2.45, 2.75) is 30.5 Å². The fraction of sp³-hybridized carbons (Fsp3) is 0.263. The lowest BCUT2D eigenvalue weighted by Gasteiger charge is -2.22. The quantitative estimate of drug-likeness (QED) is 0.378.